The average Bonchev–Trinajstić information content (AvgIpc) is 2.88. The molecule has 0 aliphatic carbocycles. The molecule has 0 radical (unpaired) electrons. The minimum absolute atomic E-state index is 0.000540. The summed E-state index contributed by atoms with van der Waals surface area (Å²) >= 11 is 0. The van der Waals surface area contributed by atoms with Gasteiger partial charge in [-0.3, -0.25) is 9.69 Å². The van der Waals surface area contributed by atoms with Crippen LogP contribution in [0.1, 0.15) is 38.7 Å². The molecule has 1 aliphatic rings. The van der Waals surface area contributed by atoms with Gasteiger partial charge in [0.05, 0.1) is 27.4 Å². The van der Waals surface area contributed by atoms with Crippen LogP contribution in [-0.2, 0) is 13.0 Å². The number of aryl methyl sites for hydroxylation is 1. The van der Waals surface area contributed by atoms with Crippen molar-refractivity contribution in [2.45, 2.75) is 25.9 Å². The van der Waals surface area contributed by atoms with Gasteiger partial charge in [-0.25, -0.2) is 0 Å². The lowest BCUT2D eigenvalue weighted by atomic mass is 9.91. The molecule has 3 aromatic carbocycles. The van der Waals surface area contributed by atoms with Crippen molar-refractivity contribution in [2.24, 2.45) is 0 Å². The first-order chi connectivity index (χ1) is 16.5. The maximum Gasteiger partial charge on any atom is 0.251 e. The van der Waals surface area contributed by atoms with Crippen LogP contribution in [0.3, 0.4) is 0 Å². The van der Waals surface area contributed by atoms with Crippen LogP contribution in [0.4, 0.5) is 0 Å². The Morgan fingerprint density at radius 1 is 0.971 bits per heavy atom. The Morgan fingerprint density at radius 2 is 1.71 bits per heavy atom. The van der Waals surface area contributed by atoms with Crippen molar-refractivity contribution >= 4 is 5.91 Å². The molecule has 0 saturated carbocycles. The minimum Gasteiger partial charge on any atom is -0.497 e. The van der Waals surface area contributed by atoms with Gasteiger partial charge in [-0.15, -0.1) is 0 Å². The first kappa shape index (κ1) is 23.6. The SMILES string of the molecule is COc1cccc(C(=O)NC[C@@H]2c3cc(OC)c(OC)cc3CCN2Cc2ccc(C)cc2)c1. The van der Waals surface area contributed by atoms with E-state index in [4.69, 9.17) is 14.2 Å². The molecule has 1 N–H and O–H groups in total. The Labute approximate surface area is 201 Å². The van der Waals surface area contributed by atoms with Crippen molar-refractivity contribution < 1.29 is 19.0 Å². The summed E-state index contributed by atoms with van der Waals surface area (Å²) in [7, 11) is 4.90. The van der Waals surface area contributed by atoms with Crippen LogP contribution >= 0.6 is 0 Å². The van der Waals surface area contributed by atoms with Gasteiger partial charge in [0.25, 0.3) is 5.91 Å². The standard InChI is InChI=1S/C28H32N2O4/c1-19-8-10-20(11-9-19)18-30-13-12-21-15-26(33-3)27(34-4)16-24(21)25(30)17-29-28(31)22-6-5-7-23(14-22)32-2/h5-11,14-16,25H,12-13,17-18H2,1-4H3,(H,29,31)/t25-/m1/s1. The van der Waals surface area contributed by atoms with Crippen LogP contribution in [0.15, 0.2) is 60.7 Å². The van der Waals surface area contributed by atoms with Gasteiger partial charge in [0, 0.05) is 25.2 Å². The molecule has 6 nitrogen and oxygen atoms in total. The molecule has 0 saturated heterocycles. The number of hydrogen-bond donors (Lipinski definition) is 1. The number of benzene rings is 3. The lowest BCUT2D eigenvalue weighted by molar-refractivity contribution is 0.0925. The maximum atomic E-state index is 13.0. The Balaban J connectivity index is 1.62. The van der Waals surface area contributed by atoms with Crippen molar-refractivity contribution in [1.29, 1.82) is 0 Å². The monoisotopic (exact) mass is 460 g/mol. The third-order valence-corrected chi connectivity index (χ3v) is 6.41. The van der Waals surface area contributed by atoms with Crippen LogP contribution in [0.5, 0.6) is 17.2 Å². The average molecular weight is 461 g/mol. The molecule has 4 rings (SSSR count). The zero-order valence-electron chi connectivity index (χ0n) is 20.3. The second-order valence-electron chi connectivity index (χ2n) is 8.57. The smallest absolute Gasteiger partial charge is 0.251 e. The van der Waals surface area contributed by atoms with Gasteiger partial charge in [0.1, 0.15) is 5.75 Å². The highest BCUT2D eigenvalue weighted by Crippen LogP contribution is 2.38. The van der Waals surface area contributed by atoms with E-state index in [0.29, 0.717) is 23.6 Å². The molecule has 0 aromatic heterocycles. The first-order valence-corrected chi connectivity index (χ1v) is 11.5. The number of amides is 1. The van der Waals surface area contributed by atoms with Gasteiger partial charge in [0.15, 0.2) is 11.5 Å². The number of nitrogens with zero attached hydrogens (tertiary/aromatic N) is 1. The minimum atomic E-state index is -0.123. The molecule has 1 atom stereocenters. The summed E-state index contributed by atoms with van der Waals surface area (Å²) in [5.41, 5.74) is 5.44. The Kier molecular flexibility index (Phi) is 7.38. The predicted molar refractivity (Wildman–Crippen MR) is 133 cm³/mol. The zero-order valence-corrected chi connectivity index (χ0v) is 20.3. The zero-order chi connectivity index (χ0) is 24.1. The van der Waals surface area contributed by atoms with Crippen LogP contribution < -0.4 is 19.5 Å². The fourth-order valence-electron chi connectivity index (χ4n) is 4.49. The van der Waals surface area contributed by atoms with Crippen molar-refractivity contribution in [3.05, 3.63) is 88.5 Å². The van der Waals surface area contributed by atoms with E-state index < -0.39 is 0 Å². The molecule has 1 heterocycles. The Bertz CT molecular complexity index is 1140. The van der Waals surface area contributed by atoms with Gasteiger partial charge in [-0.2, -0.15) is 0 Å². The molecule has 0 unspecified atom stereocenters. The Hall–Kier alpha value is -3.51. The van der Waals surface area contributed by atoms with Gasteiger partial charge >= 0.3 is 0 Å². The lowest BCUT2D eigenvalue weighted by Crippen LogP contribution is -2.41. The van der Waals surface area contributed by atoms with Gasteiger partial charge < -0.3 is 19.5 Å². The van der Waals surface area contributed by atoms with E-state index in [2.05, 4.69) is 53.5 Å². The number of carbonyl (C=O) groups is 1. The lowest BCUT2D eigenvalue weighted by Gasteiger charge is -2.38. The van der Waals surface area contributed by atoms with Gasteiger partial charge in [-0.05, 0) is 60.4 Å². The summed E-state index contributed by atoms with van der Waals surface area (Å²) in [6, 6.07) is 19.9. The van der Waals surface area contributed by atoms with Crippen LogP contribution in [-0.4, -0.2) is 45.2 Å². The summed E-state index contributed by atoms with van der Waals surface area (Å²) in [5, 5.41) is 3.14. The molecule has 0 fully saturated rings. The first-order valence-electron chi connectivity index (χ1n) is 11.5. The summed E-state index contributed by atoms with van der Waals surface area (Å²) in [4.78, 5) is 15.4. The van der Waals surface area contributed by atoms with Crippen molar-refractivity contribution in [3.8, 4) is 17.2 Å². The molecule has 0 bridgehead atoms. The van der Waals surface area contributed by atoms with Crippen LogP contribution in [0.2, 0.25) is 0 Å². The molecule has 6 heteroatoms. The van der Waals surface area contributed by atoms with E-state index in [1.54, 1.807) is 33.5 Å². The topological polar surface area (TPSA) is 60.0 Å². The van der Waals surface area contributed by atoms with E-state index in [0.717, 1.165) is 30.8 Å². The number of nitrogens with one attached hydrogen (secondary N) is 1. The normalized spacial score (nSPS) is 15.4. The van der Waals surface area contributed by atoms with E-state index in [1.807, 2.05) is 12.1 Å². The van der Waals surface area contributed by atoms with Gasteiger partial charge in [0.2, 0.25) is 0 Å². The highest BCUT2D eigenvalue weighted by molar-refractivity contribution is 5.94. The summed E-state index contributed by atoms with van der Waals surface area (Å²) in [6.07, 6.45) is 0.905. The van der Waals surface area contributed by atoms with Crippen molar-refractivity contribution in [1.82, 2.24) is 10.2 Å². The maximum absolute atomic E-state index is 13.0. The number of hydrogen-bond acceptors (Lipinski definition) is 5. The summed E-state index contributed by atoms with van der Waals surface area (Å²) < 4.78 is 16.4. The molecular formula is C28H32N2O4. The summed E-state index contributed by atoms with van der Waals surface area (Å²) in [6.45, 7) is 4.26. The highest BCUT2D eigenvalue weighted by Gasteiger charge is 2.29. The summed E-state index contributed by atoms with van der Waals surface area (Å²) in [5.74, 6) is 1.96. The second-order valence-corrected chi connectivity index (χ2v) is 8.57. The molecule has 0 spiro atoms. The van der Waals surface area contributed by atoms with Crippen LogP contribution in [0.25, 0.3) is 0 Å². The third kappa shape index (κ3) is 5.18. The van der Waals surface area contributed by atoms with E-state index in [1.165, 1.54) is 16.7 Å². The van der Waals surface area contributed by atoms with Gasteiger partial charge in [-0.1, -0.05) is 35.9 Å². The fourth-order valence-corrected chi connectivity index (χ4v) is 4.49. The number of carbonyl (C=O) groups excluding carboxylic acids is 1. The predicted octanol–water partition coefficient (Wildman–Crippen LogP) is 4.55. The Morgan fingerprint density at radius 3 is 2.41 bits per heavy atom. The molecule has 3 aromatic rings. The number of rotatable bonds is 8. The van der Waals surface area contributed by atoms with E-state index in [9.17, 15) is 4.79 Å². The van der Waals surface area contributed by atoms with Crippen molar-refractivity contribution in [2.75, 3.05) is 34.4 Å². The molecular weight excluding hydrogens is 428 g/mol. The quantitative estimate of drug-likeness (QED) is 0.534. The number of fused-ring (bicyclic) bond motifs is 1. The largest absolute Gasteiger partial charge is 0.497 e. The molecule has 1 amide bonds. The third-order valence-electron chi connectivity index (χ3n) is 6.41. The number of ether oxygens (including phenoxy) is 3. The van der Waals surface area contributed by atoms with Crippen molar-refractivity contribution in [3.63, 3.8) is 0 Å². The highest BCUT2D eigenvalue weighted by atomic mass is 16.5. The molecule has 34 heavy (non-hydrogen) atoms. The van der Waals surface area contributed by atoms with E-state index >= 15 is 0 Å². The number of methoxy groups -OCH3 is 3. The molecule has 1 aliphatic heterocycles. The van der Waals surface area contributed by atoms with E-state index in [-0.39, 0.29) is 11.9 Å². The molecule has 178 valence electrons. The van der Waals surface area contributed by atoms with Crippen LogP contribution in [0, 0.1) is 6.92 Å². The second kappa shape index (κ2) is 10.6. The fraction of sp³-hybridized carbons (Fsp3) is 0.321.